The number of anilines is 3. The number of thiol groups is 1. The van der Waals surface area contributed by atoms with Crippen LogP contribution in [0.4, 0.5) is 17.5 Å². The average molecular weight is 450 g/mol. The Kier molecular flexibility index (Phi) is 5.48. The maximum atomic E-state index is 11.1. The van der Waals surface area contributed by atoms with E-state index in [-0.39, 0.29) is 6.04 Å². The molecular formula is C18H20BrN5O2S. The zero-order valence-electron chi connectivity index (χ0n) is 14.7. The van der Waals surface area contributed by atoms with E-state index in [0.717, 1.165) is 53.8 Å². The Morgan fingerprint density at radius 2 is 2.07 bits per heavy atom. The van der Waals surface area contributed by atoms with Gasteiger partial charge in [-0.3, -0.25) is 0 Å². The first-order valence-corrected chi connectivity index (χ1v) is 10.9. The average Bonchev–Trinajstić information content (AvgIpc) is 2.69. The number of aromatic nitrogens is 2. The number of fused-ring (bicyclic) bond motifs is 1. The van der Waals surface area contributed by atoms with Gasteiger partial charge in [-0.25, -0.2) is 17.7 Å². The molecule has 1 N–H and O–H groups in total. The highest BCUT2D eigenvalue weighted by Gasteiger charge is 2.24. The van der Waals surface area contributed by atoms with E-state index in [9.17, 15) is 8.42 Å². The third-order valence-corrected chi connectivity index (χ3v) is 6.39. The quantitative estimate of drug-likeness (QED) is 0.697. The first-order valence-electron chi connectivity index (χ1n) is 8.99. The van der Waals surface area contributed by atoms with E-state index in [1.165, 1.54) is 4.31 Å². The monoisotopic (exact) mass is 449 g/mol. The molecule has 1 aromatic carbocycles. The fraction of sp³-hybridized carbons (Fsp3) is 0.444. The number of rotatable bonds is 4. The van der Waals surface area contributed by atoms with Crippen molar-refractivity contribution in [2.45, 2.75) is 31.7 Å². The maximum Gasteiger partial charge on any atom is 0.224 e. The number of nitrogens with zero attached hydrogens (tertiary/aromatic N) is 4. The number of piperidine rings is 1. The summed E-state index contributed by atoms with van der Waals surface area (Å²) in [5, 5.41) is 3.36. The third kappa shape index (κ3) is 4.03. The maximum absolute atomic E-state index is 11.1. The van der Waals surface area contributed by atoms with Crippen LogP contribution in [0.15, 0.2) is 22.8 Å². The molecule has 7 nitrogen and oxygen atoms in total. The molecule has 1 fully saturated rings. The summed E-state index contributed by atoms with van der Waals surface area (Å²) < 4.78 is 24.5. The van der Waals surface area contributed by atoms with Crippen LogP contribution < -0.4 is 10.2 Å². The van der Waals surface area contributed by atoms with E-state index in [1.54, 1.807) is 6.20 Å². The molecule has 0 atom stereocenters. The van der Waals surface area contributed by atoms with Gasteiger partial charge in [0.25, 0.3) is 0 Å². The smallest absolute Gasteiger partial charge is 0.224 e. The highest BCUT2D eigenvalue weighted by molar-refractivity contribution is 9.10. The molecule has 0 amide bonds. The standard InChI is InChI=1S/C18H20BrN5O2S/c19-15-12-20-18(21-14-7-10-23(11-8-14)27(25)26)22-17(15)24-9-3-5-13-4-1-2-6-16(13)24/h2,6,12,14,27H,3,5,7-11H2,(H,20,21,22). The molecule has 0 bridgehead atoms. The van der Waals surface area contributed by atoms with Gasteiger partial charge in [-0.1, -0.05) is 12.1 Å². The Balaban J connectivity index is 1.53. The Labute approximate surface area is 169 Å². The lowest BCUT2D eigenvalue weighted by molar-refractivity contribution is 0.337. The van der Waals surface area contributed by atoms with Crippen LogP contribution in [0.2, 0.25) is 0 Å². The molecule has 2 aliphatic heterocycles. The van der Waals surface area contributed by atoms with Crippen molar-refractivity contribution in [1.82, 2.24) is 14.3 Å². The van der Waals surface area contributed by atoms with Crippen LogP contribution in [0, 0.1) is 12.1 Å². The second-order valence-corrected chi connectivity index (χ2v) is 8.59. The third-order valence-electron chi connectivity index (χ3n) is 4.97. The molecule has 2 aliphatic rings. The number of hydrogen-bond acceptors (Lipinski definition) is 6. The van der Waals surface area contributed by atoms with Gasteiger partial charge in [0.2, 0.25) is 16.8 Å². The van der Waals surface area contributed by atoms with Gasteiger partial charge < -0.3 is 10.2 Å². The second kappa shape index (κ2) is 8.00. The molecule has 2 aromatic rings. The van der Waals surface area contributed by atoms with Gasteiger partial charge in [0.15, 0.2) is 5.82 Å². The first-order chi connectivity index (χ1) is 13.1. The minimum absolute atomic E-state index is 0.168. The summed E-state index contributed by atoms with van der Waals surface area (Å²) in [6, 6.07) is 10.3. The molecule has 0 unspecified atom stereocenters. The van der Waals surface area contributed by atoms with Crippen molar-refractivity contribution in [2.24, 2.45) is 0 Å². The summed E-state index contributed by atoms with van der Waals surface area (Å²) in [5.41, 5.74) is 2.26. The topological polar surface area (TPSA) is 78.4 Å². The van der Waals surface area contributed by atoms with Crippen molar-refractivity contribution in [1.29, 1.82) is 0 Å². The molecule has 0 saturated carbocycles. The molecule has 0 aliphatic carbocycles. The number of halogens is 1. The summed E-state index contributed by atoms with van der Waals surface area (Å²) in [6.45, 7) is 1.95. The minimum Gasteiger partial charge on any atom is -0.351 e. The van der Waals surface area contributed by atoms with E-state index in [1.807, 2.05) is 12.1 Å². The van der Waals surface area contributed by atoms with Crippen LogP contribution >= 0.6 is 15.9 Å². The Hall–Kier alpha value is -1.89. The summed E-state index contributed by atoms with van der Waals surface area (Å²) in [7, 11) is -2.48. The van der Waals surface area contributed by atoms with Gasteiger partial charge in [0.1, 0.15) is 0 Å². The van der Waals surface area contributed by atoms with E-state index in [0.29, 0.717) is 19.0 Å². The molecule has 0 radical (unpaired) electrons. The van der Waals surface area contributed by atoms with E-state index >= 15 is 0 Å². The van der Waals surface area contributed by atoms with Gasteiger partial charge in [0.05, 0.1) is 10.2 Å². The van der Waals surface area contributed by atoms with Gasteiger partial charge in [0, 0.05) is 37.4 Å². The van der Waals surface area contributed by atoms with E-state index in [4.69, 9.17) is 4.98 Å². The molecule has 3 heterocycles. The van der Waals surface area contributed by atoms with Gasteiger partial charge in [-0.05, 0) is 53.7 Å². The van der Waals surface area contributed by atoms with Crippen molar-refractivity contribution in [3.8, 4) is 0 Å². The van der Waals surface area contributed by atoms with Crippen LogP contribution in [0.3, 0.4) is 0 Å². The van der Waals surface area contributed by atoms with Crippen LogP contribution in [0.1, 0.15) is 24.8 Å². The van der Waals surface area contributed by atoms with E-state index < -0.39 is 10.9 Å². The van der Waals surface area contributed by atoms with Gasteiger partial charge in [-0.2, -0.15) is 4.98 Å². The van der Waals surface area contributed by atoms with Crippen molar-refractivity contribution in [3.05, 3.63) is 40.5 Å². The second-order valence-electron chi connectivity index (χ2n) is 6.70. The SMILES string of the molecule is O=[SH](=O)N1CCC(Nc2ncc(Br)c(N3CCCc4c#cccc43)n2)CC1. The zero-order chi connectivity index (χ0) is 18.8. The van der Waals surface area contributed by atoms with Crippen molar-refractivity contribution >= 4 is 44.3 Å². The predicted molar refractivity (Wildman–Crippen MR) is 108 cm³/mol. The highest BCUT2D eigenvalue weighted by Crippen LogP contribution is 2.35. The Morgan fingerprint density at radius 3 is 2.85 bits per heavy atom. The van der Waals surface area contributed by atoms with Crippen molar-refractivity contribution in [2.75, 3.05) is 29.9 Å². The number of nitrogens with one attached hydrogen (secondary N) is 1. The lowest BCUT2D eigenvalue weighted by atomic mass is 10.0. The normalized spacial score (nSPS) is 18.2. The predicted octanol–water partition coefficient (Wildman–Crippen LogP) is 2.33. The summed E-state index contributed by atoms with van der Waals surface area (Å²) in [4.78, 5) is 11.3. The van der Waals surface area contributed by atoms with Gasteiger partial charge in [-0.15, -0.1) is 0 Å². The Morgan fingerprint density at radius 1 is 1.26 bits per heavy atom. The summed E-state index contributed by atoms with van der Waals surface area (Å²) in [5.74, 6) is 1.39. The molecule has 142 valence electrons. The molecule has 1 aromatic heterocycles. The summed E-state index contributed by atoms with van der Waals surface area (Å²) in [6.07, 6.45) is 5.29. The Bertz CT molecular complexity index is 891. The summed E-state index contributed by atoms with van der Waals surface area (Å²) >= 11 is 3.58. The fourth-order valence-corrected chi connectivity index (χ4v) is 4.55. The minimum atomic E-state index is -2.48. The van der Waals surface area contributed by atoms with Crippen LogP contribution in [-0.2, 0) is 17.3 Å². The first kappa shape index (κ1) is 18.5. The van der Waals surface area contributed by atoms with Crippen LogP contribution in [-0.4, -0.2) is 48.4 Å². The van der Waals surface area contributed by atoms with Crippen molar-refractivity contribution < 1.29 is 8.42 Å². The molecule has 1 saturated heterocycles. The molecule has 9 heteroatoms. The van der Waals surface area contributed by atoms with Crippen LogP contribution in [0.5, 0.6) is 0 Å². The van der Waals surface area contributed by atoms with Crippen molar-refractivity contribution in [3.63, 3.8) is 0 Å². The zero-order valence-corrected chi connectivity index (χ0v) is 17.2. The molecule has 4 rings (SSSR count). The van der Waals surface area contributed by atoms with E-state index in [2.05, 4.69) is 43.3 Å². The molecular weight excluding hydrogens is 430 g/mol. The van der Waals surface area contributed by atoms with Gasteiger partial charge >= 0.3 is 0 Å². The highest BCUT2D eigenvalue weighted by atomic mass is 79.9. The molecule has 0 spiro atoms. The van der Waals surface area contributed by atoms with Crippen LogP contribution in [0.25, 0.3) is 0 Å². The lowest BCUT2D eigenvalue weighted by Crippen LogP contribution is -2.38. The molecule has 27 heavy (non-hydrogen) atoms. The lowest BCUT2D eigenvalue weighted by Gasteiger charge is -2.31. The largest absolute Gasteiger partial charge is 0.351 e. The number of hydrogen-bond donors (Lipinski definition) is 2. The fourth-order valence-electron chi connectivity index (χ4n) is 3.58.